The standard InChI is InChI=1S/C11H13FN2/c12-9(6-13)5-8-7-14-11-4-2-1-3-10(8)11/h1-4,7,9,14H,5-6,13H2. The van der Waals surface area contributed by atoms with E-state index in [9.17, 15) is 4.39 Å². The van der Waals surface area contributed by atoms with Crippen LogP contribution in [-0.4, -0.2) is 17.7 Å². The molecule has 1 atom stereocenters. The smallest absolute Gasteiger partial charge is 0.116 e. The predicted molar refractivity (Wildman–Crippen MR) is 56.0 cm³/mol. The Morgan fingerprint density at radius 3 is 2.93 bits per heavy atom. The number of hydrogen-bond donors (Lipinski definition) is 2. The van der Waals surface area contributed by atoms with Gasteiger partial charge in [0.2, 0.25) is 0 Å². The number of rotatable bonds is 3. The van der Waals surface area contributed by atoms with Gasteiger partial charge in [0.25, 0.3) is 0 Å². The van der Waals surface area contributed by atoms with Crippen molar-refractivity contribution >= 4 is 10.9 Å². The van der Waals surface area contributed by atoms with E-state index in [0.717, 1.165) is 16.5 Å². The number of halogens is 1. The summed E-state index contributed by atoms with van der Waals surface area (Å²) in [6.07, 6.45) is 1.29. The second-order valence-electron chi connectivity index (χ2n) is 3.40. The van der Waals surface area contributed by atoms with Crippen molar-refractivity contribution < 1.29 is 4.39 Å². The molecule has 2 rings (SSSR count). The molecule has 2 nitrogen and oxygen atoms in total. The number of benzene rings is 1. The van der Waals surface area contributed by atoms with Gasteiger partial charge in [0.05, 0.1) is 0 Å². The highest BCUT2D eigenvalue weighted by molar-refractivity contribution is 5.83. The maximum Gasteiger partial charge on any atom is 0.116 e. The average Bonchev–Trinajstić information content (AvgIpc) is 2.62. The van der Waals surface area contributed by atoms with Crippen molar-refractivity contribution in [3.05, 3.63) is 36.0 Å². The highest BCUT2D eigenvalue weighted by Crippen LogP contribution is 2.19. The van der Waals surface area contributed by atoms with Crippen LogP contribution in [0.15, 0.2) is 30.5 Å². The van der Waals surface area contributed by atoms with Crippen LogP contribution < -0.4 is 5.73 Å². The van der Waals surface area contributed by atoms with Crippen molar-refractivity contribution in [3.63, 3.8) is 0 Å². The molecule has 0 aliphatic carbocycles. The number of aromatic nitrogens is 1. The molecule has 3 heteroatoms. The van der Waals surface area contributed by atoms with Gasteiger partial charge in [-0.1, -0.05) is 18.2 Å². The molecular formula is C11H13FN2. The van der Waals surface area contributed by atoms with Gasteiger partial charge < -0.3 is 10.7 Å². The molecule has 0 spiro atoms. The Hall–Kier alpha value is -1.35. The first kappa shape index (κ1) is 9.21. The third-order valence-electron chi connectivity index (χ3n) is 2.37. The fourth-order valence-corrected chi connectivity index (χ4v) is 1.62. The normalized spacial score (nSPS) is 13.3. The van der Waals surface area contributed by atoms with E-state index in [0.29, 0.717) is 6.42 Å². The summed E-state index contributed by atoms with van der Waals surface area (Å²) in [5.41, 5.74) is 7.29. The molecule has 14 heavy (non-hydrogen) atoms. The molecule has 1 heterocycles. The van der Waals surface area contributed by atoms with Gasteiger partial charge in [-0.3, -0.25) is 0 Å². The molecule has 0 bridgehead atoms. The minimum atomic E-state index is -0.950. The van der Waals surface area contributed by atoms with Gasteiger partial charge in [0, 0.05) is 30.1 Å². The second kappa shape index (κ2) is 3.80. The summed E-state index contributed by atoms with van der Waals surface area (Å²) in [4.78, 5) is 3.11. The van der Waals surface area contributed by atoms with Crippen LogP contribution in [0.5, 0.6) is 0 Å². The molecule has 0 fully saturated rings. The van der Waals surface area contributed by atoms with E-state index in [1.807, 2.05) is 30.5 Å². The van der Waals surface area contributed by atoms with E-state index in [-0.39, 0.29) is 6.54 Å². The van der Waals surface area contributed by atoms with E-state index in [4.69, 9.17) is 5.73 Å². The first-order valence-electron chi connectivity index (χ1n) is 4.70. The van der Waals surface area contributed by atoms with E-state index in [1.54, 1.807) is 0 Å². The van der Waals surface area contributed by atoms with Crippen LogP contribution in [-0.2, 0) is 6.42 Å². The number of alkyl halides is 1. The zero-order valence-electron chi connectivity index (χ0n) is 7.83. The van der Waals surface area contributed by atoms with Gasteiger partial charge in [0.1, 0.15) is 6.17 Å². The Labute approximate surface area is 81.9 Å². The lowest BCUT2D eigenvalue weighted by Crippen LogP contribution is -2.17. The Kier molecular flexibility index (Phi) is 2.50. The molecule has 0 aliphatic rings. The van der Waals surface area contributed by atoms with Crippen LogP contribution in [0.1, 0.15) is 5.56 Å². The van der Waals surface area contributed by atoms with Gasteiger partial charge in [-0.05, 0) is 11.6 Å². The van der Waals surface area contributed by atoms with E-state index in [2.05, 4.69) is 4.98 Å². The first-order valence-corrected chi connectivity index (χ1v) is 4.70. The van der Waals surface area contributed by atoms with Crippen molar-refractivity contribution in [2.75, 3.05) is 6.54 Å². The number of nitrogens with two attached hydrogens (primary N) is 1. The molecule has 0 radical (unpaired) electrons. The molecule has 0 amide bonds. The number of aromatic amines is 1. The second-order valence-corrected chi connectivity index (χ2v) is 3.40. The molecule has 2 aromatic rings. The number of hydrogen-bond acceptors (Lipinski definition) is 1. The summed E-state index contributed by atoms with van der Waals surface area (Å²) in [7, 11) is 0. The molecule has 3 N–H and O–H groups in total. The van der Waals surface area contributed by atoms with Crippen molar-refractivity contribution in [1.29, 1.82) is 0 Å². The van der Waals surface area contributed by atoms with Crippen molar-refractivity contribution in [2.45, 2.75) is 12.6 Å². The number of fused-ring (bicyclic) bond motifs is 1. The molecule has 1 aromatic heterocycles. The molecule has 1 aromatic carbocycles. The van der Waals surface area contributed by atoms with Gasteiger partial charge in [-0.2, -0.15) is 0 Å². The van der Waals surface area contributed by atoms with Crippen LogP contribution in [0.2, 0.25) is 0 Å². The highest BCUT2D eigenvalue weighted by atomic mass is 19.1. The van der Waals surface area contributed by atoms with Gasteiger partial charge >= 0.3 is 0 Å². The Balaban J connectivity index is 2.33. The number of para-hydroxylation sites is 1. The van der Waals surface area contributed by atoms with Crippen LogP contribution in [0.4, 0.5) is 4.39 Å². The summed E-state index contributed by atoms with van der Waals surface area (Å²) >= 11 is 0. The molecule has 74 valence electrons. The predicted octanol–water partition coefficient (Wildman–Crippen LogP) is 2.01. The zero-order valence-corrected chi connectivity index (χ0v) is 7.83. The lowest BCUT2D eigenvalue weighted by atomic mass is 10.1. The zero-order chi connectivity index (χ0) is 9.97. The van der Waals surface area contributed by atoms with Crippen molar-refractivity contribution in [2.24, 2.45) is 5.73 Å². The minimum Gasteiger partial charge on any atom is -0.361 e. The summed E-state index contributed by atoms with van der Waals surface area (Å²) < 4.78 is 13.1. The number of H-pyrrole nitrogens is 1. The molecule has 1 unspecified atom stereocenters. The van der Waals surface area contributed by atoms with Crippen LogP contribution in [0.25, 0.3) is 10.9 Å². The van der Waals surface area contributed by atoms with Crippen LogP contribution >= 0.6 is 0 Å². The van der Waals surface area contributed by atoms with E-state index >= 15 is 0 Å². The molecule has 0 saturated carbocycles. The molecule has 0 aliphatic heterocycles. The fourth-order valence-electron chi connectivity index (χ4n) is 1.62. The van der Waals surface area contributed by atoms with Crippen LogP contribution in [0.3, 0.4) is 0 Å². The van der Waals surface area contributed by atoms with Gasteiger partial charge in [-0.15, -0.1) is 0 Å². The fraction of sp³-hybridized carbons (Fsp3) is 0.273. The van der Waals surface area contributed by atoms with Crippen molar-refractivity contribution in [1.82, 2.24) is 4.98 Å². The Morgan fingerprint density at radius 2 is 2.14 bits per heavy atom. The maximum absolute atomic E-state index is 13.1. The average molecular weight is 192 g/mol. The SMILES string of the molecule is NCC(F)Cc1c[nH]c2ccccc12. The number of nitrogens with one attached hydrogen (secondary N) is 1. The van der Waals surface area contributed by atoms with Crippen LogP contribution in [0, 0.1) is 0 Å². The maximum atomic E-state index is 13.1. The summed E-state index contributed by atoms with van der Waals surface area (Å²) in [5.74, 6) is 0. The first-order chi connectivity index (χ1) is 6.81. The molecular weight excluding hydrogens is 179 g/mol. The summed E-state index contributed by atoms with van der Waals surface area (Å²) in [5, 5.41) is 1.09. The monoisotopic (exact) mass is 192 g/mol. The van der Waals surface area contributed by atoms with Crippen molar-refractivity contribution in [3.8, 4) is 0 Å². The third-order valence-corrected chi connectivity index (χ3v) is 2.37. The van der Waals surface area contributed by atoms with Gasteiger partial charge in [0.15, 0.2) is 0 Å². The largest absolute Gasteiger partial charge is 0.361 e. The third kappa shape index (κ3) is 1.63. The minimum absolute atomic E-state index is 0.0828. The Bertz CT molecular complexity index is 422. The summed E-state index contributed by atoms with van der Waals surface area (Å²) in [6, 6.07) is 7.88. The topological polar surface area (TPSA) is 41.8 Å². The lowest BCUT2D eigenvalue weighted by molar-refractivity contribution is 0.341. The van der Waals surface area contributed by atoms with Gasteiger partial charge in [-0.25, -0.2) is 4.39 Å². The van der Waals surface area contributed by atoms with E-state index < -0.39 is 6.17 Å². The molecule has 0 saturated heterocycles. The quantitative estimate of drug-likeness (QED) is 0.767. The lowest BCUT2D eigenvalue weighted by Gasteiger charge is -2.02. The summed E-state index contributed by atoms with van der Waals surface area (Å²) in [6.45, 7) is 0.0828. The van der Waals surface area contributed by atoms with E-state index in [1.165, 1.54) is 0 Å². The highest BCUT2D eigenvalue weighted by Gasteiger charge is 2.08. The Morgan fingerprint density at radius 1 is 1.36 bits per heavy atom.